The summed E-state index contributed by atoms with van der Waals surface area (Å²) in [5.74, 6) is -2.52. The Kier molecular flexibility index (Phi) is 7.33. The number of nitrogens with one attached hydrogen (secondary N) is 1. The first-order valence-electron chi connectivity index (χ1n) is 7.50. The van der Waals surface area contributed by atoms with Gasteiger partial charge in [0.15, 0.2) is 0 Å². The van der Waals surface area contributed by atoms with Crippen LogP contribution >= 0.6 is 0 Å². The Morgan fingerprint density at radius 3 is 2.52 bits per heavy atom. The van der Waals surface area contributed by atoms with Gasteiger partial charge in [0.25, 0.3) is 0 Å². The van der Waals surface area contributed by atoms with Gasteiger partial charge in [0, 0.05) is 13.0 Å². The molecule has 10 heteroatoms. The lowest BCUT2D eigenvalue weighted by Crippen LogP contribution is -2.55. The lowest BCUT2D eigenvalue weighted by molar-refractivity contribution is -0.143. The maximum absolute atomic E-state index is 12.4. The van der Waals surface area contributed by atoms with Crippen LogP contribution < -0.4 is 5.32 Å². The Bertz CT molecular complexity index is 526. The maximum Gasteiger partial charge on any atom is 0.326 e. The molecule has 0 aromatic carbocycles. The van der Waals surface area contributed by atoms with Crippen LogP contribution in [0.4, 0.5) is 8.78 Å². The fraction of sp³-hybridized carbons (Fsp3) is 0.846. The van der Waals surface area contributed by atoms with E-state index in [4.69, 9.17) is 5.11 Å². The van der Waals surface area contributed by atoms with Crippen LogP contribution in [0.5, 0.6) is 0 Å². The van der Waals surface area contributed by atoms with Crippen LogP contribution in [0.25, 0.3) is 0 Å². The van der Waals surface area contributed by atoms with Crippen molar-refractivity contribution in [2.75, 3.05) is 12.3 Å². The number of piperidine rings is 1. The van der Waals surface area contributed by atoms with Gasteiger partial charge in [-0.3, -0.25) is 4.79 Å². The molecule has 2 atom stereocenters. The summed E-state index contributed by atoms with van der Waals surface area (Å²) in [5.41, 5.74) is 0. The molecule has 0 aliphatic carbocycles. The van der Waals surface area contributed by atoms with Crippen LogP contribution in [-0.4, -0.2) is 60.5 Å². The third kappa shape index (κ3) is 5.69. The number of carbonyl (C=O) groups is 2. The molecule has 7 nitrogen and oxygen atoms in total. The summed E-state index contributed by atoms with van der Waals surface area (Å²) >= 11 is 0. The van der Waals surface area contributed by atoms with E-state index in [2.05, 4.69) is 0 Å². The first-order valence-corrected chi connectivity index (χ1v) is 9.10. The Hall–Kier alpha value is -1.29. The van der Waals surface area contributed by atoms with E-state index in [-0.39, 0.29) is 18.7 Å². The van der Waals surface area contributed by atoms with Crippen molar-refractivity contribution in [1.29, 1.82) is 0 Å². The maximum atomic E-state index is 12.4. The van der Waals surface area contributed by atoms with Crippen LogP contribution in [0.3, 0.4) is 0 Å². The molecule has 0 radical (unpaired) electrons. The van der Waals surface area contributed by atoms with Crippen molar-refractivity contribution in [3.05, 3.63) is 0 Å². The Labute approximate surface area is 134 Å². The third-order valence-electron chi connectivity index (χ3n) is 3.60. The highest BCUT2D eigenvalue weighted by molar-refractivity contribution is 7.89. The second-order valence-electron chi connectivity index (χ2n) is 5.46. The van der Waals surface area contributed by atoms with Crippen LogP contribution in [-0.2, 0) is 19.6 Å². The van der Waals surface area contributed by atoms with E-state index in [1.54, 1.807) is 6.92 Å². The summed E-state index contributed by atoms with van der Waals surface area (Å²) in [7, 11) is -3.63. The SMILES string of the molecule is CCCS(=O)(=O)N1CCCCC1C(=O)NC(CC(F)F)C(=O)O. The highest BCUT2D eigenvalue weighted by Gasteiger charge is 2.37. The second kappa shape index (κ2) is 8.53. The summed E-state index contributed by atoms with van der Waals surface area (Å²) in [6.45, 7) is 1.87. The van der Waals surface area contributed by atoms with Gasteiger partial charge >= 0.3 is 5.97 Å². The molecule has 0 spiro atoms. The van der Waals surface area contributed by atoms with E-state index >= 15 is 0 Å². The molecule has 23 heavy (non-hydrogen) atoms. The van der Waals surface area contributed by atoms with E-state index in [9.17, 15) is 26.8 Å². The molecule has 0 aromatic heterocycles. The molecular formula is C13H22F2N2O5S. The zero-order valence-corrected chi connectivity index (χ0v) is 13.7. The average molecular weight is 356 g/mol. The Morgan fingerprint density at radius 2 is 2.00 bits per heavy atom. The second-order valence-corrected chi connectivity index (χ2v) is 7.51. The van der Waals surface area contributed by atoms with E-state index in [0.29, 0.717) is 19.3 Å². The Balaban J connectivity index is 2.87. The molecule has 0 saturated carbocycles. The molecule has 134 valence electrons. The molecule has 0 bridgehead atoms. The number of sulfonamides is 1. The van der Waals surface area contributed by atoms with Gasteiger partial charge in [-0.2, -0.15) is 4.31 Å². The van der Waals surface area contributed by atoms with Crippen molar-refractivity contribution in [3.8, 4) is 0 Å². The topological polar surface area (TPSA) is 104 Å². The lowest BCUT2D eigenvalue weighted by atomic mass is 10.0. The first-order chi connectivity index (χ1) is 10.7. The minimum absolute atomic E-state index is 0.115. The highest BCUT2D eigenvalue weighted by Crippen LogP contribution is 2.22. The van der Waals surface area contributed by atoms with Crippen molar-refractivity contribution >= 4 is 21.9 Å². The molecule has 2 N–H and O–H groups in total. The van der Waals surface area contributed by atoms with Gasteiger partial charge in [-0.1, -0.05) is 13.3 Å². The minimum atomic E-state index is -3.63. The largest absolute Gasteiger partial charge is 0.480 e. The van der Waals surface area contributed by atoms with Gasteiger partial charge in [0.2, 0.25) is 22.4 Å². The molecule has 0 aromatic rings. The number of hydrogen-bond donors (Lipinski definition) is 2. The number of halogens is 2. The molecule has 2 unspecified atom stereocenters. The molecule has 1 saturated heterocycles. The first kappa shape index (κ1) is 19.8. The average Bonchev–Trinajstić information content (AvgIpc) is 2.45. The number of alkyl halides is 2. The molecule has 1 rings (SSSR count). The number of carboxylic acids is 1. The predicted octanol–water partition coefficient (Wildman–Crippen LogP) is 0.805. The zero-order valence-electron chi connectivity index (χ0n) is 12.9. The number of amides is 1. The summed E-state index contributed by atoms with van der Waals surface area (Å²) in [6, 6.07) is -2.78. The van der Waals surface area contributed by atoms with Crippen LogP contribution in [0.1, 0.15) is 39.0 Å². The minimum Gasteiger partial charge on any atom is -0.480 e. The quantitative estimate of drug-likeness (QED) is 0.670. The summed E-state index contributed by atoms with van der Waals surface area (Å²) in [4.78, 5) is 23.2. The van der Waals surface area contributed by atoms with E-state index < -0.39 is 46.8 Å². The van der Waals surface area contributed by atoms with Crippen LogP contribution in [0.15, 0.2) is 0 Å². The monoisotopic (exact) mass is 356 g/mol. The fourth-order valence-electron chi connectivity index (χ4n) is 2.54. The Morgan fingerprint density at radius 1 is 1.35 bits per heavy atom. The predicted molar refractivity (Wildman–Crippen MR) is 78.6 cm³/mol. The van der Waals surface area contributed by atoms with Crippen molar-refractivity contribution in [1.82, 2.24) is 9.62 Å². The summed E-state index contributed by atoms with van der Waals surface area (Å²) in [5, 5.41) is 10.9. The van der Waals surface area contributed by atoms with Crippen molar-refractivity contribution in [3.63, 3.8) is 0 Å². The van der Waals surface area contributed by atoms with E-state index in [1.165, 1.54) is 0 Å². The molecule has 1 amide bonds. The summed E-state index contributed by atoms with van der Waals surface area (Å²) < 4.78 is 50.2. The van der Waals surface area contributed by atoms with Gasteiger partial charge in [-0.15, -0.1) is 0 Å². The number of carbonyl (C=O) groups excluding carboxylic acids is 1. The van der Waals surface area contributed by atoms with Gasteiger partial charge in [-0.25, -0.2) is 22.0 Å². The van der Waals surface area contributed by atoms with Crippen LogP contribution in [0, 0.1) is 0 Å². The summed E-state index contributed by atoms with van der Waals surface area (Å²) in [6.07, 6.45) is -2.06. The van der Waals surface area contributed by atoms with Gasteiger partial charge < -0.3 is 10.4 Å². The molecular weight excluding hydrogens is 334 g/mol. The normalized spacial score (nSPS) is 21.1. The number of aliphatic carboxylic acids is 1. The fourth-order valence-corrected chi connectivity index (χ4v) is 4.29. The zero-order chi connectivity index (χ0) is 17.6. The molecule has 1 fully saturated rings. The van der Waals surface area contributed by atoms with Crippen molar-refractivity contribution in [2.45, 2.75) is 57.5 Å². The highest BCUT2D eigenvalue weighted by atomic mass is 32.2. The number of carboxylic acid groups (broad SMARTS) is 1. The molecule has 1 aliphatic rings. The van der Waals surface area contributed by atoms with Gasteiger partial charge in [0.05, 0.1) is 5.75 Å². The molecule has 1 heterocycles. The van der Waals surface area contributed by atoms with E-state index in [0.717, 1.165) is 4.31 Å². The third-order valence-corrected chi connectivity index (χ3v) is 5.68. The molecule has 1 aliphatic heterocycles. The van der Waals surface area contributed by atoms with Crippen molar-refractivity contribution < 1.29 is 31.9 Å². The standard InChI is InChI=1S/C13H22F2N2O5S/c1-2-7-23(21,22)17-6-4-3-5-10(17)12(18)16-9(13(19)20)8-11(14)15/h9-11H,2-8H2,1H3,(H,16,18)(H,19,20). The van der Waals surface area contributed by atoms with Gasteiger partial charge in [0.1, 0.15) is 12.1 Å². The number of nitrogens with zero attached hydrogens (tertiary/aromatic N) is 1. The number of hydrogen-bond acceptors (Lipinski definition) is 4. The number of rotatable bonds is 8. The van der Waals surface area contributed by atoms with E-state index in [1.807, 2.05) is 5.32 Å². The van der Waals surface area contributed by atoms with Gasteiger partial charge in [-0.05, 0) is 19.3 Å². The lowest BCUT2D eigenvalue weighted by Gasteiger charge is -2.34. The van der Waals surface area contributed by atoms with Crippen molar-refractivity contribution in [2.24, 2.45) is 0 Å². The van der Waals surface area contributed by atoms with Crippen LogP contribution in [0.2, 0.25) is 0 Å². The smallest absolute Gasteiger partial charge is 0.326 e.